The van der Waals surface area contributed by atoms with Gasteiger partial charge in [0.25, 0.3) is 0 Å². The zero-order valence-electron chi connectivity index (χ0n) is 42.0. The van der Waals surface area contributed by atoms with Crippen molar-refractivity contribution >= 4 is 64.9 Å². The van der Waals surface area contributed by atoms with E-state index in [1.165, 1.54) is 44.2 Å². The van der Waals surface area contributed by atoms with E-state index in [4.69, 9.17) is 35.8 Å². The van der Waals surface area contributed by atoms with Crippen molar-refractivity contribution in [2.75, 3.05) is 96.4 Å². The molecule has 22 nitrogen and oxygen atoms in total. The molecule has 0 aromatic heterocycles. The maximum absolute atomic E-state index is 11.5. The number of carbonyl (C=O) groups excluding carboxylic acids is 3. The number of nitrogens with one attached hydrogen (secondary N) is 1. The van der Waals surface area contributed by atoms with Gasteiger partial charge in [0.1, 0.15) is 11.2 Å². The Labute approximate surface area is 424 Å². The molecule has 0 atom stereocenters. The van der Waals surface area contributed by atoms with E-state index >= 15 is 0 Å². The number of ketones is 1. The Kier molecular flexibility index (Phi) is 27.9. The van der Waals surface area contributed by atoms with Crippen molar-refractivity contribution in [3.8, 4) is 30.3 Å². The van der Waals surface area contributed by atoms with Crippen LogP contribution < -0.4 is 5.32 Å². The summed E-state index contributed by atoms with van der Waals surface area (Å²) in [6.45, 7) is 22.1. The molecule has 6 fully saturated rings. The van der Waals surface area contributed by atoms with E-state index in [1.807, 2.05) is 51.1 Å². The van der Waals surface area contributed by atoms with Gasteiger partial charge in [-0.1, -0.05) is 6.92 Å². The van der Waals surface area contributed by atoms with E-state index in [0.717, 1.165) is 42.7 Å². The number of hydrogen-bond acceptors (Lipinski definition) is 18. The van der Waals surface area contributed by atoms with Gasteiger partial charge >= 0.3 is 12.2 Å². The van der Waals surface area contributed by atoms with Gasteiger partial charge in [-0.2, -0.15) is 34.9 Å². The molecule has 0 aromatic carbocycles. The smallest absolute Gasteiger partial charge is 0.411 e. The molecule has 27 heteroatoms. The third-order valence-corrected chi connectivity index (χ3v) is 15.3. The number of rotatable bonds is 6. The van der Waals surface area contributed by atoms with E-state index in [1.54, 1.807) is 52.0 Å². The summed E-state index contributed by atoms with van der Waals surface area (Å²) in [6, 6.07) is 9.53. The Hall–Kier alpha value is -5.13. The molecule has 0 radical (unpaired) electrons. The van der Waals surface area contributed by atoms with Crippen LogP contribution in [0.3, 0.4) is 0 Å². The van der Waals surface area contributed by atoms with E-state index in [0.29, 0.717) is 39.3 Å². The second-order valence-corrected chi connectivity index (χ2v) is 29.4. The van der Waals surface area contributed by atoms with Gasteiger partial charge in [-0.3, -0.25) is 9.69 Å². The molecule has 0 bridgehead atoms. The van der Waals surface area contributed by atoms with Crippen molar-refractivity contribution in [1.82, 2.24) is 23.7 Å². The van der Waals surface area contributed by atoms with Gasteiger partial charge in [-0.25, -0.2) is 34.8 Å². The number of allylic oxidation sites excluding steroid dienone is 4. The Morgan fingerprint density at radius 3 is 1.25 bits per heavy atom. The molecular formula is C44H66ClN10O12PS3. The number of nitriles is 5. The van der Waals surface area contributed by atoms with Crippen LogP contribution in [0.4, 0.5) is 9.59 Å². The Morgan fingerprint density at radius 2 is 1.01 bits per heavy atom. The van der Waals surface area contributed by atoms with Crippen LogP contribution in [-0.2, 0) is 47.9 Å². The monoisotopic (exact) mass is 1090 g/mol. The predicted molar refractivity (Wildman–Crippen MR) is 268 cm³/mol. The zero-order valence-corrected chi connectivity index (χ0v) is 46.1. The lowest BCUT2D eigenvalue weighted by Gasteiger charge is -2.34. The van der Waals surface area contributed by atoms with Crippen LogP contribution in [0.2, 0.25) is 0 Å². The molecule has 6 rings (SSSR count). The standard InChI is InChI=1S/C10H14N2O2.C8H10N2O2S.C8H13NO3.C7H10N2O2S.C5H6N2.C4H8NOP.C2H5ClO2S/c1-10(2,3)14-9(13)12-6-8(7-12)4-5-11;9-4-3-7-5-10(6-7)13(11,12)8-1-2-8;1-8(2,3)12-7(11)9-4-6(10)5-9;1-2-12(10,11)9-5-7(6-9)3-4-8;6-2-1-5-3-7-4-5;1-7(2,6)4-3-5;1-2-6(3,4)5/h4H,6-7H2,1-3H3;3,8H,1-2,5-6H2;4-5H2,1-3H3;3H,2,5-6H2,1H3;1,7H,3-4H2;4H2,1-2H3;2H2,1H3. The highest BCUT2D eigenvalue weighted by Gasteiger charge is 2.43. The molecule has 0 spiro atoms. The van der Waals surface area contributed by atoms with Crippen LogP contribution >= 0.6 is 17.8 Å². The lowest BCUT2D eigenvalue weighted by Crippen LogP contribution is -2.52. The van der Waals surface area contributed by atoms with Crippen LogP contribution in [0.25, 0.3) is 0 Å². The van der Waals surface area contributed by atoms with Crippen LogP contribution in [0.1, 0.15) is 68.2 Å². The number of halogens is 1. The molecule has 6 aliphatic rings. The van der Waals surface area contributed by atoms with Gasteiger partial charge in [0.2, 0.25) is 29.1 Å². The third-order valence-electron chi connectivity index (χ3n) is 8.98. The third kappa shape index (κ3) is 29.1. The number of ether oxygens (including phenoxy) is 2. The first kappa shape index (κ1) is 65.9. The summed E-state index contributed by atoms with van der Waals surface area (Å²) < 4.78 is 88.5. The number of hydrogen-bond donors (Lipinski definition) is 1. The molecule has 5 saturated heterocycles. The molecular weight excluding hydrogens is 1020 g/mol. The second-order valence-electron chi connectivity index (χ2n) is 18.4. The normalized spacial score (nSPS) is 17.1. The number of amides is 2. The van der Waals surface area contributed by atoms with Gasteiger partial charge in [0, 0.05) is 87.3 Å². The molecule has 394 valence electrons. The highest BCUT2D eigenvalue weighted by Crippen LogP contribution is 2.35. The fraction of sp³-hybridized carbons (Fsp3) is 0.636. The second kappa shape index (κ2) is 30.0. The number of sulfonamides is 2. The summed E-state index contributed by atoms with van der Waals surface area (Å²) in [5.74, 6) is 0.224. The quantitative estimate of drug-likeness (QED) is 0.216. The van der Waals surface area contributed by atoms with Crippen molar-refractivity contribution in [2.24, 2.45) is 0 Å². The van der Waals surface area contributed by atoms with Crippen molar-refractivity contribution in [3.05, 3.63) is 46.6 Å². The zero-order chi connectivity index (χ0) is 55.0. The minimum atomic E-state index is -3.19. The summed E-state index contributed by atoms with van der Waals surface area (Å²) in [5, 5.41) is 43.8. The fourth-order valence-electron chi connectivity index (χ4n) is 4.86. The summed E-state index contributed by atoms with van der Waals surface area (Å²) >= 11 is 0. The number of likely N-dealkylation sites (tertiary alicyclic amines) is 2. The van der Waals surface area contributed by atoms with Crippen molar-refractivity contribution in [2.45, 2.75) is 84.7 Å². The average molecular weight is 1090 g/mol. The van der Waals surface area contributed by atoms with Crippen LogP contribution in [0.15, 0.2) is 46.6 Å². The highest BCUT2D eigenvalue weighted by molar-refractivity contribution is 8.13. The first-order chi connectivity index (χ1) is 32.6. The van der Waals surface area contributed by atoms with Crippen molar-refractivity contribution in [3.63, 3.8) is 0 Å². The first-order valence-electron chi connectivity index (χ1n) is 21.9. The Balaban J connectivity index is 0.000000822. The van der Waals surface area contributed by atoms with Gasteiger partial charge < -0.3 is 24.3 Å². The van der Waals surface area contributed by atoms with Crippen molar-refractivity contribution in [1.29, 1.82) is 26.3 Å². The molecule has 5 heterocycles. The van der Waals surface area contributed by atoms with Crippen molar-refractivity contribution < 1.29 is 53.7 Å². The van der Waals surface area contributed by atoms with E-state index in [9.17, 15) is 44.2 Å². The fourth-order valence-corrected chi connectivity index (χ4v) is 8.14. The van der Waals surface area contributed by atoms with Crippen LogP contribution in [0.5, 0.6) is 0 Å². The summed E-state index contributed by atoms with van der Waals surface area (Å²) in [6.07, 6.45) is 6.99. The molecule has 1 N–H and O–H groups in total. The van der Waals surface area contributed by atoms with Crippen LogP contribution in [0, 0.1) is 56.7 Å². The molecule has 2 amide bonds. The SMILES string of the molecule is CC(C)(C)OC(=O)N1CC(=CC#N)C1.CC(C)(C)OC(=O)N1CC(=O)C1.CCS(=O)(=O)Cl.CCS(=O)(=O)N1CC(=CC#N)C1.CP(C)(=O)CC#N.N#CC=C1CN(S(=O)(=O)C2CC2)C1.N#CC=C1CNC1. The summed E-state index contributed by atoms with van der Waals surface area (Å²) in [7, 11) is -6.55. The van der Waals surface area contributed by atoms with E-state index < -0.39 is 53.5 Å². The van der Waals surface area contributed by atoms with Gasteiger partial charge in [-0.05, 0) is 96.9 Å². The maximum atomic E-state index is 11.5. The minimum Gasteiger partial charge on any atom is -0.444 e. The number of nitrogens with zero attached hydrogens (tertiary/aromatic N) is 9. The summed E-state index contributed by atoms with van der Waals surface area (Å²) in [5.41, 5.74) is 3.05. The topological polar surface area (TPSA) is 333 Å². The largest absolute Gasteiger partial charge is 0.444 e. The molecule has 5 aliphatic heterocycles. The molecule has 71 heavy (non-hydrogen) atoms. The maximum Gasteiger partial charge on any atom is 0.411 e. The summed E-state index contributed by atoms with van der Waals surface area (Å²) in [4.78, 5) is 36.0. The first-order valence-corrected chi connectivity index (χ1v) is 30.3. The number of Topliss-reactive ketones (excluding diaryl/α,β-unsaturated/α-hetero) is 1. The molecule has 0 aromatic rings. The Morgan fingerprint density at radius 1 is 0.662 bits per heavy atom. The van der Waals surface area contributed by atoms with Gasteiger partial charge in [-0.15, -0.1) is 0 Å². The predicted octanol–water partition coefficient (Wildman–Crippen LogP) is 4.59. The van der Waals surface area contributed by atoms with E-state index in [2.05, 4.69) is 16.0 Å². The highest BCUT2D eigenvalue weighted by atomic mass is 35.7. The molecule has 1 aliphatic carbocycles. The van der Waals surface area contributed by atoms with Gasteiger partial charge in [0.15, 0.2) is 5.78 Å². The lowest BCUT2D eigenvalue weighted by molar-refractivity contribution is -0.128. The number of carbonyl (C=O) groups is 3. The Bertz CT molecular complexity index is 2580. The van der Waals surface area contributed by atoms with Gasteiger partial charge in [0.05, 0.1) is 73.5 Å². The lowest BCUT2D eigenvalue weighted by atomic mass is 10.1. The minimum absolute atomic E-state index is 0.00849. The molecule has 0 unspecified atom stereocenters. The average Bonchev–Trinajstić information content (AvgIpc) is 4.02. The molecule has 1 saturated carbocycles. The van der Waals surface area contributed by atoms with E-state index in [-0.39, 0.29) is 47.9 Å². The van der Waals surface area contributed by atoms with Crippen LogP contribution in [-0.4, -0.2) is 175 Å².